The van der Waals surface area contributed by atoms with E-state index >= 15 is 0 Å². The number of nitrogens with one attached hydrogen (secondary N) is 3. The molecule has 0 fully saturated rings. The Morgan fingerprint density at radius 1 is 0.733 bits per heavy atom. The number of anilines is 3. The molecule has 0 atom stereocenters. The van der Waals surface area contributed by atoms with Gasteiger partial charge in [-0.1, -0.05) is 0 Å². The first-order valence-electron chi connectivity index (χ1n) is 4.97. The average molecular weight is 209 g/mol. The second kappa shape index (κ2) is 4.29. The van der Waals surface area contributed by atoms with E-state index in [1.807, 2.05) is 27.9 Å². The third-order valence-electron chi connectivity index (χ3n) is 2.78. The molecule has 1 aromatic carbocycles. The Hall–Kier alpha value is -1.58. The van der Waals surface area contributed by atoms with Gasteiger partial charge in [-0.3, -0.25) is 0 Å². The Labute approximate surface area is 90.7 Å². The van der Waals surface area contributed by atoms with Crippen molar-refractivity contribution in [1.82, 2.24) is 0 Å². The van der Waals surface area contributed by atoms with Crippen LogP contribution in [-0.4, -0.2) is 26.2 Å². The molecule has 4 nitrogen and oxygen atoms in total. The van der Waals surface area contributed by atoms with Gasteiger partial charge in [0.25, 0.3) is 0 Å². The van der Waals surface area contributed by atoms with Crippen LogP contribution in [0, 0.1) is 13.8 Å². The number of benzene rings is 1. The van der Waals surface area contributed by atoms with Crippen molar-refractivity contribution in [2.24, 2.45) is 0 Å². The second-order valence-corrected chi connectivity index (χ2v) is 3.47. The van der Waals surface area contributed by atoms with E-state index in [1.54, 1.807) is 7.05 Å². The molecule has 0 unspecified atom stereocenters. The lowest BCUT2D eigenvalue weighted by molar-refractivity contribution is 0.473. The number of hydrogen-bond donors (Lipinski definition) is 4. The molecule has 1 aromatic rings. The first-order valence-corrected chi connectivity index (χ1v) is 4.97. The Balaban J connectivity index is 3.59. The minimum Gasteiger partial charge on any atom is -0.505 e. The molecule has 0 saturated heterocycles. The number of phenols is 1. The summed E-state index contributed by atoms with van der Waals surface area (Å²) in [5.74, 6) is 0.304. The lowest BCUT2D eigenvalue weighted by Gasteiger charge is -2.20. The van der Waals surface area contributed by atoms with Crippen LogP contribution in [0.25, 0.3) is 0 Å². The monoisotopic (exact) mass is 209 g/mol. The van der Waals surface area contributed by atoms with E-state index in [1.165, 1.54) is 0 Å². The third-order valence-corrected chi connectivity index (χ3v) is 2.78. The fourth-order valence-corrected chi connectivity index (χ4v) is 1.79. The predicted octanol–water partition coefficient (Wildman–Crippen LogP) is 2.13. The summed E-state index contributed by atoms with van der Waals surface area (Å²) in [4.78, 5) is 0. The van der Waals surface area contributed by atoms with Crippen LogP contribution in [0.5, 0.6) is 5.75 Å². The molecule has 0 aliphatic carbocycles. The fourth-order valence-electron chi connectivity index (χ4n) is 1.79. The van der Waals surface area contributed by atoms with Crippen LogP contribution in [0.2, 0.25) is 0 Å². The van der Waals surface area contributed by atoms with Gasteiger partial charge in [0.15, 0.2) is 0 Å². The van der Waals surface area contributed by atoms with Crippen LogP contribution in [0.4, 0.5) is 17.1 Å². The standard InChI is InChI=1S/C11H19N3O/c1-6-7(2)11(15)10(14-5)9(13-4)8(6)12-3/h12-15H,1-5H3. The van der Waals surface area contributed by atoms with Gasteiger partial charge in [-0.2, -0.15) is 0 Å². The Kier molecular flexibility index (Phi) is 3.29. The van der Waals surface area contributed by atoms with E-state index in [0.717, 1.165) is 28.2 Å². The van der Waals surface area contributed by atoms with Crippen molar-refractivity contribution in [2.75, 3.05) is 37.1 Å². The lowest BCUT2D eigenvalue weighted by Crippen LogP contribution is -2.05. The van der Waals surface area contributed by atoms with Gasteiger partial charge in [0.1, 0.15) is 11.4 Å². The molecule has 15 heavy (non-hydrogen) atoms. The van der Waals surface area contributed by atoms with Crippen LogP contribution in [0.15, 0.2) is 0 Å². The molecule has 0 saturated carbocycles. The summed E-state index contributed by atoms with van der Waals surface area (Å²) < 4.78 is 0. The lowest BCUT2D eigenvalue weighted by atomic mass is 10.0. The van der Waals surface area contributed by atoms with Gasteiger partial charge >= 0.3 is 0 Å². The number of aromatic hydroxyl groups is 1. The maximum Gasteiger partial charge on any atom is 0.144 e. The van der Waals surface area contributed by atoms with E-state index in [0.29, 0.717) is 5.75 Å². The molecule has 4 heteroatoms. The van der Waals surface area contributed by atoms with Crippen molar-refractivity contribution in [3.8, 4) is 5.75 Å². The van der Waals surface area contributed by atoms with Gasteiger partial charge in [0.2, 0.25) is 0 Å². The molecule has 0 spiro atoms. The van der Waals surface area contributed by atoms with Crippen LogP contribution in [0.1, 0.15) is 11.1 Å². The van der Waals surface area contributed by atoms with E-state index in [-0.39, 0.29) is 0 Å². The molecule has 1 rings (SSSR count). The third kappa shape index (κ3) is 1.67. The molecule has 0 amide bonds. The topological polar surface area (TPSA) is 56.3 Å². The highest BCUT2D eigenvalue weighted by Crippen LogP contribution is 2.43. The highest BCUT2D eigenvalue weighted by atomic mass is 16.3. The van der Waals surface area contributed by atoms with Crippen molar-refractivity contribution in [1.29, 1.82) is 0 Å². The average Bonchev–Trinajstić information content (AvgIpc) is 2.25. The quantitative estimate of drug-likeness (QED) is 0.455. The fraction of sp³-hybridized carbons (Fsp3) is 0.455. The molecular formula is C11H19N3O. The van der Waals surface area contributed by atoms with Crippen molar-refractivity contribution in [2.45, 2.75) is 13.8 Å². The van der Waals surface area contributed by atoms with E-state index in [2.05, 4.69) is 16.0 Å². The first-order chi connectivity index (χ1) is 7.08. The zero-order valence-corrected chi connectivity index (χ0v) is 9.95. The van der Waals surface area contributed by atoms with Crippen LogP contribution >= 0.6 is 0 Å². The highest BCUT2D eigenvalue weighted by Gasteiger charge is 2.16. The molecule has 0 aliphatic rings. The highest BCUT2D eigenvalue weighted by molar-refractivity contribution is 5.90. The van der Waals surface area contributed by atoms with E-state index in [9.17, 15) is 5.11 Å². The molecule has 4 N–H and O–H groups in total. The summed E-state index contributed by atoms with van der Waals surface area (Å²) in [5, 5.41) is 19.2. The zero-order chi connectivity index (χ0) is 11.6. The molecule has 0 bridgehead atoms. The summed E-state index contributed by atoms with van der Waals surface area (Å²) in [5.41, 5.74) is 4.57. The zero-order valence-electron chi connectivity index (χ0n) is 9.95. The van der Waals surface area contributed by atoms with Crippen molar-refractivity contribution in [3.63, 3.8) is 0 Å². The summed E-state index contributed by atoms with van der Waals surface area (Å²) in [6, 6.07) is 0. The minimum absolute atomic E-state index is 0.304. The van der Waals surface area contributed by atoms with Crippen molar-refractivity contribution in [3.05, 3.63) is 11.1 Å². The Morgan fingerprint density at radius 2 is 1.20 bits per heavy atom. The Bertz CT molecular complexity index is 344. The Morgan fingerprint density at radius 3 is 1.60 bits per heavy atom. The normalized spacial score (nSPS) is 9.93. The van der Waals surface area contributed by atoms with E-state index in [4.69, 9.17) is 0 Å². The molecule has 0 aromatic heterocycles. The number of hydrogen-bond acceptors (Lipinski definition) is 4. The van der Waals surface area contributed by atoms with Gasteiger partial charge in [-0.15, -0.1) is 0 Å². The first kappa shape index (κ1) is 11.5. The van der Waals surface area contributed by atoms with Crippen LogP contribution in [-0.2, 0) is 0 Å². The number of rotatable bonds is 3. The minimum atomic E-state index is 0.304. The van der Waals surface area contributed by atoms with Gasteiger partial charge in [-0.25, -0.2) is 0 Å². The molecule has 0 heterocycles. The van der Waals surface area contributed by atoms with Gasteiger partial charge in [0, 0.05) is 21.1 Å². The molecule has 0 radical (unpaired) electrons. The predicted molar refractivity (Wildman–Crippen MR) is 66.2 cm³/mol. The summed E-state index contributed by atoms with van der Waals surface area (Å²) >= 11 is 0. The van der Waals surface area contributed by atoms with Gasteiger partial charge < -0.3 is 21.1 Å². The van der Waals surface area contributed by atoms with Gasteiger partial charge in [-0.05, 0) is 25.0 Å². The van der Waals surface area contributed by atoms with E-state index < -0.39 is 0 Å². The smallest absolute Gasteiger partial charge is 0.144 e. The summed E-state index contributed by atoms with van der Waals surface area (Å²) in [6.07, 6.45) is 0. The number of phenolic OH excluding ortho intramolecular Hbond substituents is 1. The second-order valence-electron chi connectivity index (χ2n) is 3.47. The maximum atomic E-state index is 9.98. The molecule has 0 aliphatic heterocycles. The van der Waals surface area contributed by atoms with Crippen LogP contribution < -0.4 is 16.0 Å². The maximum absolute atomic E-state index is 9.98. The summed E-state index contributed by atoms with van der Waals surface area (Å²) in [6.45, 7) is 3.90. The molecular weight excluding hydrogens is 190 g/mol. The largest absolute Gasteiger partial charge is 0.505 e. The van der Waals surface area contributed by atoms with Gasteiger partial charge in [0.05, 0.1) is 11.4 Å². The SMILES string of the molecule is CNc1c(C)c(C)c(O)c(NC)c1NC. The van der Waals surface area contributed by atoms with Crippen LogP contribution in [0.3, 0.4) is 0 Å². The molecule has 84 valence electrons. The summed E-state index contributed by atoms with van der Waals surface area (Å²) in [7, 11) is 5.51. The van der Waals surface area contributed by atoms with Crippen molar-refractivity contribution < 1.29 is 5.11 Å². The van der Waals surface area contributed by atoms with Crippen molar-refractivity contribution >= 4 is 17.1 Å².